The second-order valence-corrected chi connectivity index (χ2v) is 14.8. The second kappa shape index (κ2) is 15.6. The molecule has 1 aliphatic rings. The number of hydrogen-bond donors (Lipinski definition) is 2. The van der Waals surface area contributed by atoms with Crippen LogP contribution in [0.5, 0.6) is 5.75 Å². The first-order valence-corrected chi connectivity index (χ1v) is 17.5. The van der Waals surface area contributed by atoms with Crippen LogP contribution in [0.15, 0.2) is 78.0 Å². The zero-order valence-electron chi connectivity index (χ0n) is 29.6. The molecular weight excluding hydrogens is 696 g/mol. The zero-order chi connectivity index (χ0) is 37.8. The van der Waals surface area contributed by atoms with E-state index in [4.69, 9.17) is 0 Å². The minimum atomic E-state index is -4.79. The summed E-state index contributed by atoms with van der Waals surface area (Å²) in [5.74, 6) is -0.113. The molecule has 0 bridgehead atoms. The predicted molar refractivity (Wildman–Crippen MR) is 194 cm³/mol. The maximum atomic E-state index is 13.4. The van der Waals surface area contributed by atoms with Gasteiger partial charge in [0, 0.05) is 18.4 Å². The molecule has 1 aromatic heterocycles. The number of anilines is 1. The van der Waals surface area contributed by atoms with E-state index in [2.05, 4.69) is 30.4 Å². The van der Waals surface area contributed by atoms with Crippen LogP contribution in [0.1, 0.15) is 63.6 Å². The SMILES string of the molecule is Cc1ccc(C(C)C)c(N2C(=O)CSC2=NC(=O)NC(Cc2ccc(-c3ncn(-c4ccc(OC(F)(F)F)cc4)n3)cc2)NC(=O)CC(C)(C)C)c1. The molecule has 11 nitrogen and oxygen atoms in total. The number of alkyl halides is 3. The highest BCUT2D eigenvalue weighted by Crippen LogP contribution is 2.34. The molecule has 5 rings (SSSR count). The highest BCUT2D eigenvalue weighted by atomic mass is 32.2. The number of amides is 4. The summed E-state index contributed by atoms with van der Waals surface area (Å²) in [7, 11) is 0. The Labute approximate surface area is 304 Å². The normalized spacial score (nSPS) is 14.9. The maximum Gasteiger partial charge on any atom is 0.573 e. The van der Waals surface area contributed by atoms with Gasteiger partial charge in [-0.3, -0.25) is 14.5 Å². The van der Waals surface area contributed by atoms with E-state index in [1.807, 2.05) is 71.9 Å². The number of carbonyl (C=O) groups excluding carboxylic acids is 3. The second-order valence-electron chi connectivity index (χ2n) is 13.9. The van der Waals surface area contributed by atoms with E-state index in [-0.39, 0.29) is 52.7 Å². The molecule has 1 fully saturated rings. The van der Waals surface area contributed by atoms with Gasteiger partial charge in [-0.05, 0) is 65.3 Å². The van der Waals surface area contributed by atoms with Crippen molar-refractivity contribution in [3.05, 3.63) is 89.7 Å². The van der Waals surface area contributed by atoms with Crippen LogP contribution in [0, 0.1) is 12.3 Å². The topological polar surface area (TPSA) is 131 Å². The number of thioether (sulfide) groups is 1. The molecule has 0 aliphatic carbocycles. The van der Waals surface area contributed by atoms with Crippen LogP contribution in [0.3, 0.4) is 0 Å². The first-order chi connectivity index (χ1) is 24.4. The number of carbonyl (C=O) groups is 3. The number of halogens is 3. The van der Waals surface area contributed by atoms with Crippen molar-refractivity contribution in [1.82, 2.24) is 25.4 Å². The van der Waals surface area contributed by atoms with E-state index < -0.39 is 18.6 Å². The molecule has 4 amide bonds. The number of urea groups is 1. The van der Waals surface area contributed by atoms with Crippen molar-refractivity contribution >= 4 is 40.5 Å². The van der Waals surface area contributed by atoms with E-state index >= 15 is 0 Å². The summed E-state index contributed by atoms with van der Waals surface area (Å²) in [6.07, 6.45) is -3.71. The van der Waals surface area contributed by atoms with Gasteiger partial charge in [-0.1, -0.05) is 82.8 Å². The van der Waals surface area contributed by atoms with Crippen molar-refractivity contribution in [3.8, 4) is 22.8 Å². The van der Waals surface area contributed by atoms with Gasteiger partial charge in [0.05, 0.1) is 17.1 Å². The van der Waals surface area contributed by atoms with Crippen LogP contribution in [-0.4, -0.2) is 56.1 Å². The Kier molecular flexibility index (Phi) is 11.4. The Morgan fingerprint density at radius 3 is 2.33 bits per heavy atom. The summed E-state index contributed by atoms with van der Waals surface area (Å²) in [4.78, 5) is 49.6. The lowest BCUT2D eigenvalue weighted by Gasteiger charge is -2.24. The van der Waals surface area contributed by atoms with E-state index in [1.165, 1.54) is 51.9 Å². The zero-order valence-corrected chi connectivity index (χ0v) is 30.4. The van der Waals surface area contributed by atoms with E-state index in [0.29, 0.717) is 22.8 Å². The van der Waals surface area contributed by atoms with Crippen LogP contribution in [0.25, 0.3) is 17.1 Å². The number of hydrogen-bond acceptors (Lipinski definition) is 7. The number of benzene rings is 3. The number of ether oxygens (including phenoxy) is 1. The molecule has 274 valence electrons. The fraction of sp³-hybridized carbons (Fsp3) is 0.351. The number of amidine groups is 1. The molecule has 0 saturated carbocycles. The average Bonchev–Trinajstić information content (AvgIpc) is 3.67. The largest absolute Gasteiger partial charge is 0.573 e. The van der Waals surface area contributed by atoms with Crippen LogP contribution in [0.4, 0.5) is 23.7 Å². The van der Waals surface area contributed by atoms with Gasteiger partial charge in [-0.15, -0.1) is 18.3 Å². The van der Waals surface area contributed by atoms with Gasteiger partial charge in [0.25, 0.3) is 0 Å². The molecule has 1 atom stereocenters. The van der Waals surface area contributed by atoms with Gasteiger partial charge in [0.1, 0.15) is 18.2 Å². The number of aryl methyl sites for hydroxylation is 1. The molecule has 2 heterocycles. The minimum Gasteiger partial charge on any atom is -0.406 e. The molecule has 0 radical (unpaired) electrons. The molecule has 15 heteroatoms. The first-order valence-electron chi connectivity index (χ1n) is 16.6. The standard InChI is InChI=1S/C37H40F3N7O4S/c1-22(2)28-16-7-23(3)17-29(28)47-32(49)20-52-35(47)44-34(50)43-30(42-31(48)19-36(4,5)6)18-24-8-10-25(11-9-24)33-41-21-46(45-33)26-12-14-27(15-13-26)51-37(38,39)40/h7-17,21-22,30H,18-20H2,1-6H3,(H,42,48)(H,43,50). The molecule has 0 spiro atoms. The van der Waals surface area contributed by atoms with Gasteiger partial charge in [-0.25, -0.2) is 14.5 Å². The lowest BCUT2D eigenvalue weighted by atomic mass is 9.92. The van der Waals surface area contributed by atoms with E-state index in [9.17, 15) is 27.6 Å². The minimum absolute atomic E-state index is 0.131. The van der Waals surface area contributed by atoms with Gasteiger partial charge >= 0.3 is 12.4 Å². The Morgan fingerprint density at radius 2 is 1.69 bits per heavy atom. The highest BCUT2D eigenvalue weighted by molar-refractivity contribution is 8.15. The third kappa shape index (κ3) is 10.2. The van der Waals surface area contributed by atoms with Crippen molar-refractivity contribution in [2.75, 3.05) is 10.7 Å². The van der Waals surface area contributed by atoms with Gasteiger partial charge in [0.15, 0.2) is 11.0 Å². The van der Waals surface area contributed by atoms with Crippen LogP contribution in [-0.2, 0) is 16.0 Å². The Hall–Kier alpha value is -5.18. The number of nitrogens with one attached hydrogen (secondary N) is 2. The molecule has 2 N–H and O–H groups in total. The van der Waals surface area contributed by atoms with Crippen molar-refractivity contribution in [1.29, 1.82) is 0 Å². The number of rotatable bonds is 10. The summed E-state index contributed by atoms with van der Waals surface area (Å²) >= 11 is 1.18. The molecular formula is C37H40F3N7O4S. The summed E-state index contributed by atoms with van der Waals surface area (Å²) in [6.45, 7) is 11.8. The molecule has 1 saturated heterocycles. The summed E-state index contributed by atoms with van der Waals surface area (Å²) in [6, 6.07) is 17.6. The van der Waals surface area contributed by atoms with Crippen LogP contribution in [0.2, 0.25) is 0 Å². The Bertz CT molecular complexity index is 1950. The van der Waals surface area contributed by atoms with Crippen molar-refractivity contribution in [2.24, 2.45) is 10.4 Å². The van der Waals surface area contributed by atoms with Gasteiger partial charge in [0.2, 0.25) is 11.8 Å². The predicted octanol–water partition coefficient (Wildman–Crippen LogP) is 7.53. The molecule has 52 heavy (non-hydrogen) atoms. The highest BCUT2D eigenvalue weighted by Gasteiger charge is 2.33. The summed E-state index contributed by atoms with van der Waals surface area (Å²) in [5.41, 5.74) is 4.27. The van der Waals surface area contributed by atoms with Crippen LogP contribution >= 0.6 is 11.8 Å². The smallest absolute Gasteiger partial charge is 0.406 e. The monoisotopic (exact) mass is 735 g/mol. The van der Waals surface area contributed by atoms with Gasteiger partial charge in [-0.2, -0.15) is 4.99 Å². The fourth-order valence-electron chi connectivity index (χ4n) is 5.50. The number of aliphatic imine (C=N–C) groups is 1. The van der Waals surface area contributed by atoms with Gasteiger partial charge < -0.3 is 15.4 Å². The molecule has 1 unspecified atom stereocenters. The molecule has 1 aliphatic heterocycles. The Balaban J connectivity index is 1.32. The lowest BCUT2D eigenvalue weighted by molar-refractivity contribution is -0.274. The third-order valence-electron chi connectivity index (χ3n) is 7.81. The summed E-state index contributed by atoms with van der Waals surface area (Å²) < 4.78 is 42.9. The van der Waals surface area contributed by atoms with Crippen molar-refractivity contribution in [2.45, 2.75) is 72.8 Å². The van der Waals surface area contributed by atoms with E-state index in [1.54, 1.807) is 12.1 Å². The number of nitrogens with zero attached hydrogens (tertiary/aromatic N) is 5. The average molecular weight is 736 g/mol. The summed E-state index contributed by atoms with van der Waals surface area (Å²) in [5, 5.41) is 10.4. The van der Waals surface area contributed by atoms with Crippen LogP contribution < -0.4 is 20.3 Å². The quantitative estimate of drug-likeness (QED) is 0.161. The molecule has 3 aromatic carbocycles. The van der Waals surface area contributed by atoms with Crippen molar-refractivity contribution < 1.29 is 32.3 Å². The first kappa shape index (κ1) is 38.1. The molecule has 4 aromatic rings. The third-order valence-corrected chi connectivity index (χ3v) is 8.74. The number of aromatic nitrogens is 3. The van der Waals surface area contributed by atoms with E-state index in [0.717, 1.165) is 16.7 Å². The van der Waals surface area contributed by atoms with Crippen molar-refractivity contribution in [3.63, 3.8) is 0 Å². The Morgan fingerprint density at radius 1 is 1.00 bits per heavy atom. The maximum absolute atomic E-state index is 13.4. The lowest BCUT2D eigenvalue weighted by Crippen LogP contribution is -2.49. The fourth-order valence-corrected chi connectivity index (χ4v) is 6.35.